The van der Waals surface area contributed by atoms with Crippen LogP contribution in [0.3, 0.4) is 0 Å². The first-order chi connectivity index (χ1) is 16.4. The van der Waals surface area contributed by atoms with Crippen molar-refractivity contribution < 1.29 is 26.7 Å². The number of hydrogen-bond acceptors (Lipinski definition) is 1. The molecule has 1 saturated heterocycles. The Balaban J connectivity index is 1.78. The molecule has 7 heteroatoms. The fourth-order valence-electron chi connectivity index (χ4n) is 5.08. The van der Waals surface area contributed by atoms with Gasteiger partial charge in [0.25, 0.3) is 0 Å². The van der Waals surface area contributed by atoms with Crippen molar-refractivity contribution in [2.45, 2.75) is 56.8 Å². The number of benzene rings is 3. The minimum Gasteiger partial charge on any atom is -0.429 e. The highest BCUT2D eigenvalue weighted by Gasteiger charge is 2.25. The number of halogens is 5. The molecule has 1 fully saturated rings. The van der Waals surface area contributed by atoms with Gasteiger partial charge in [-0.1, -0.05) is 67.9 Å². The van der Waals surface area contributed by atoms with Gasteiger partial charge in [0, 0.05) is 14.4 Å². The van der Waals surface area contributed by atoms with Crippen LogP contribution >= 0.6 is 0 Å². The van der Waals surface area contributed by atoms with Crippen LogP contribution in [0.15, 0.2) is 54.6 Å². The van der Waals surface area contributed by atoms with E-state index in [9.17, 15) is 22.0 Å². The van der Waals surface area contributed by atoms with E-state index in [4.69, 9.17) is 0 Å². The summed E-state index contributed by atoms with van der Waals surface area (Å²) in [6.45, 7) is -1.12. The van der Waals surface area contributed by atoms with Crippen LogP contribution in [0, 0.1) is 17.5 Å². The molecule has 1 aliphatic rings. The minimum absolute atomic E-state index is 0.144. The first kappa shape index (κ1) is 24.5. The molecule has 3 aromatic rings. The molecule has 0 radical (unpaired) electrons. The van der Waals surface area contributed by atoms with E-state index in [2.05, 4.69) is 11.7 Å². The molecule has 3 aromatic carbocycles. The third-order valence-corrected chi connectivity index (χ3v) is 10.4. The van der Waals surface area contributed by atoms with Gasteiger partial charge in [-0.2, -0.15) is 8.78 Å². The Labute approximate surface area is 198 Å². The van der Waals surface area contributed by atoms with Gasteiger partial charge in [-0.05, 0) is 59.2 Å². The largest absolute Gasteiger partial charge is 0.429 e. The van der Waals surface area contributed by atoms with Gasteiger partial charge >= 0.3 is 6.61 Å². The fourth-order valence-corrected chi connectivity index (χ4v) is 8.51. The number of hydrogen-bond donors (Lipinski definition) is 0. The summed E-state index contributed by atoms with van der Waals surface area (Å²) in [6.07, 6.45) is 3.39. The summed E-state index contributed by atoms with van der Waals surface area (Å²) in [6, 6.07) is 17.7. The maximum atomic E-state index is 14.7. The van der Waals surface area contributed by atoms with E-state index in [1.165, 1.54) is 30.6 Å². The van der Waals surface area contributed by atoms with Crippen molar-refractivity contribution in [3.8, 4) is 28.0 Å². The van der Waals surface area contributed by atoms with Gasteiger partial charge in [-0.25, -0.2) is 13.2 Å². The molecule has 1 nitrogen and oxygen atoms in total. The fraction of sp³-hybridized carbons (Fsp3) is 0.333. The predicted molar refractivity (Wildman–Crippen MR) is 128 cm³/mol. The standard InChI is InChI=1S/C27H27F5OSi/c1-2-11-34-12-9-17(10-13-34)18-7-8-20(21-5-3-4-6-23(21)28)22(14-18)19-15-24(29)26(25(30)16-19)33-27(31)32/h3-8,14-17,27,34H,2,9-13H2,1H3/t17-,34-. The molecule has 0 spiro atoms. The third kappa shape index (κ3) is 5.35. The van der Waals surface area contributed by atoms with E-state index in [-0.39, 0.29) is 5.56 Å². The van der Waals surface area contributed by atoms with E-state index in [0.29, 0.717) is 22.6 Å². The van der Waals surface area contributed by atoms with E-state index < -0.39 is 38.6 Å². The molecule has 0 bridgehead atoms. The highest BCUT2D eigenvalue weighted by atomic mass is 28.3. The van der Waals surface area contributed by atoms with Crippen LogP contribution in [0.2, 0.25) is 18.1 Å². The zero-order valence-corrected chi connectivity index (χ0v) is 20.1. The summed E-state index contributed by atoms with van der Waals surface area (Å²) in [5, 5.41) is 0. The molecule has 1 heterocycles. The SMILES string of the molecule is CCC[Si@H]1CC[C@H](c2ccc(-c3ccccc3F)c(-c3cc(F)c(OC(F)F)c(F)c3)c2)CC1. The minimum atomic E-state index is -3.35. The quantitative estimate of drug-likeness (QED) is 0.238. The molecule has 4 rings (SSSR count). The average Bonchev–Trinajstić information content (AvgIpc) is 2.82. The highest BCUT2D eigenvalue weighted by molar-refractivity contribution is 6.59. The van der Waals surface area contributed by atoms with Gasteiger partial charge < -0.3 is 4.74 Å². The van der Waals surface area contributed by atoms with E-state index >= 15 is 0 Å². The van der Waals surface area contributed by atoms with Gasteiger partial charge in [0.1, 0.15) is 5.82 Å². The van der Waals surface area contributed by atoms with Crippen LogP contribution in [-0.2, 0) is 0 Å². The van der Waals surface area contributed by atoms with Crippen molar-refractivity contribution in [3.63, 3.8) is 0 Å². The lowest BCUT2D eigenvalue weighted by Crippen LogP contribution is -2.20. The maximum Gasteiger partial charge on any atom is 0.387 e. The van der Waals surface area contributed by atoms with E-state index in [1.54, 1.807) is 24.3 Å². The summed E-state index contributed by atoms with van der Waals surface area (Å²) in [5.74, 6) is -3.70. The Bertz CT molecular complexity index is 1120. The molecule has 0 saturated carbocycles. The number of ether oxygens (including phenoxy) is 1. The maximum absolute atomic E-state index is 14.7. The smallest absolute Gasteiger partial charge is 0.387 e. The summed E-state index contributed by atoms with van der Waals surface area (Å²) in [4.78, 5) is 0. The van der Waals surface area contributed by atoms with Crippen molar-refractivity contribution in [1.82, 2.24) is 0 Å². The van der Waals surface area contributed by atoms with Crippen molar-refractivity contribution in [2.75, 3.05) is 0 Å². The highest BCUT2D eigenvalue weighted by Crippen LogP contribution is 2.41. The second-order valence-corrected chi connectivity index (χ2v) is 12.4. The van der Waals surface area contributed by atoms with Crippen molar-refractivity contribution in [1.29, 1.82) is 0 Å². The molecule has 0 aromatic heterocycles. The Morgan fingerprint density at radius 2 is 1.53 bits per heavy atom. The zero-order valence-electron chi connectivity index (χ0n) is 19.0. The molecule has 34 heavy (non-hydrogen) atoms. The molecule has 0 unspecified atom stereocenters. The van der Waals surface area contributed by atoms with Crippen LogP contribution in [-0.4, -0.2) is 15.4 Å². The molecule has 0 N–H and O–H groups in total. The molecular weight excluding hydrogens is 463 g/mol. The normalized spacial score (nSPS) is 18.3. The predicted octanol–water partition coefficient (Wildman–Crippen LogP) is 8.55. The second kappa shape index (κ2) is 10.7. The summed E-state index contributed by atoms with van der Waals surface area (Å²) < 4.78 is 73.0. The summed E-state index contributed by atoms with van der Waals surface area (Å²) >= 11 is 0. The van der Waals surface area contributed by atoms with Gasteiger partial charge in [-0.3, -0.25) is 0 Å². The topological polar surface area (TPSA) is 9.23 Å². The number of rotatable bonds is 7. The molecule has 0 atom stereocenters. The van der Waals surface area contributed by atoms with Crippen LogP contribution in [0.4, 0.5) is 22.0 Å². The monoisotopic (exact) mass is 490 g/mol. The lowest BCUT2D eigenvalue weighted by atomic mass is 9.87. The van der Waals surface area contributed by atoms with Crippen molar-refractivity contribution >= 4 is 8.80 Å². The van der Waals surface area contributed by atoms with Gasteiger partial charge in [0.15, 0.2) is 17.4 Å². The molecule has 0 aliphatic carbocycles. The van der Waals surface area contributed by atoms with Crippen LogP contribution in [0.25, 0.3) is 22.3 Å². The molecule has 0 amide bonds. The van der Waals surface area contributed by atoms with Gasteiger partial charge in [-0.15, -0.1) is 0 Å². The first-order valence-electron chi connectivity index (χ1n) is 11.7. The lowest BCUT2D eigenvalue weighted by Gasteiger charge is -2.28. The van der Waals surface area contributed by atoms with Gasteiger partial charge in [0.2, 0.25) is 0 Å². The Morgan fingerprint density at radius 1 is 0.853 bits per heavy atom. The zero-order chi connectivity index (χ0) is 24.2. The summed E-state index contributed by atoms with van der Waals surface area (Å²) in [7, 11) is -0.681. The Kier molecular flexibility index (Phi) is 7.71. The van der Waals surface area contributed by atoms with Gasteiger partial charge in [0.05, 0.1) is 0 Å². The molecular formula is C27H27F5OSi. The summed E-state index contributed by atoms with van der Waals surface area (Å²) in [5.41, 5.74) is 2.43. The van der Waals surface area contributed by atoms with Crippen molar-refractivity contribution in [3.05, 3.63) is 77.6 Å². The first-order valence-corrected chi connectivity index (χ1v) is 14.1. The Hall–Kier alpha value is -2.67. The molecule has 1 aliphatic heterocycles. The van der Waals surface area contributed by atoms with Crippen LogP contribution in [0.5, 0.6) is 5.75 Å². The third-order valence-electron chi connectivity index (χ3n) is 6.74. The van der Waals surface area contributed by atoms with Crippen LogP contribution in [0.1, 0.15) is 37.7 Å². The molecule has 180 valence electrons. The lowest BCUT2D eigenvalue weighted by molar-refractivity contribution is -0.0546. The van der Waals surface area contributed by atoms with Crippen LogP contribution < -0.4 is 4.74 Å². The Morgan fingerprint density at radius 3 is 2.15 bits per heavy atom. The van der Waals surface area contributed by atoms with E-state index in [1.807, 2.05) is 12.1 Å². The average molecular weight is 491 g/mol. The van der Waals surface area contributed by atoms with E-state index in [0.717, 1.165) is 30.5 Å². The van der Waals surface area contributed by atoms with Crippen molar-refractivity contribution in [2.24, 2.45) is 0 Å². The number of alkyl halides is 2. The second-order valence-electron chi connectivity index (χ2n) is 8.94.